The average molecular weight is 360 g/mol. The first-order valence-corrected chi connectivity index (χ1v) is 8.45. The average Bonchev–Trinajstić information content (AvgIpc) is 2.70. The van der Waals surface area contributed by atoms with E-state index in [0.29, 0.717) is 16.3 Å². The maximum absolute atomic E-state index is 13.1. The SMILES string of the molecule is O=c1c(-c2ccc(Cl)nc2)cc(-c2ccccn2)cn1-c1ccccc1. The van der Waals surface area contributed by atoms with Crippen molar-refractivity contribution in [1.29, 1.82) is 0 Å². The minimum atomic E-state index is -0.125. The molecule has 1 aromatic carbocycles. The number of rotatable bonds is 3. The molecule has 0 spiro atoms. The van der Waals surface area contributed by atoms with Crippen LogP contribution in [0.1, 0.15) is 0 Å². The molecule has 0 amide bonds. The molecule has 3 heterocycles. The molecule has 4 aromatic rings. The summed E-state index contributed by atoms with van der Waals surface area (Å²) in [6, 6.07) is 20.5. The van der Waals surface area contributed by atoms with Gasteiger partial charge in [0.2, 0.25) is 0 Å². The van der Waals surface area contributed by atoms with E-state index < -0.39 is 0 Å². The number of halogens is 1. The van der Waals surface area contributed by atoms with Gasteiger partial charge in [-0.15, -0.1) is 0 Å². The third kappa shape index (κ3) is 3.15. The number of nitrogens with zero attached hydrogens (tertiary/aromatic N) is 3. The second kappa shape index (κ2) is 6.94. The Balaban J connectivity index is 1.99. The molecule has 126 valence electrons. The van der Waals surface area contributed by atoms with Gasteiger partial charge in [-0.25, -0.2) is 4.98 Å². The third-order valence-corrected chi connectivity index (χ3v) is 4.27. The summed E-state index contributed by atoms with van der Waals surface area (Å²) >= 11 is 5.89. The van der Waals surface area contributed by atoms with Gasteiger partial charge in [0.15, 0.2) is 0 Å². The Labute approximate surface area is 155 Å². The Hall–Kier alpha value is -3.24. The molecule has 0 aliphatic carbocycles. The normalized spacial score (nSPS) is 10.7. The van der Waals surface area contributed by atoms with Crippen LogP contribution in [0, 0.1) is 0 Å². The fourth-order valence-corrected chi connectivity index (χ4v) is 2.89. The first kappa shape index (κ1) is 16.2. The Morgan fingerprint density at radius 2 is 1.65 bits per heavy atom. The zero-order valence-electron chi connectivity index (χ0n) is 13.7. The quantitative estimate of drug-likeness (QED) is 0.502. The summed E-state index contributed by atoms with van der Waals surface area (Å²) in [4.78, 5) is 21.6. The highest BCUT2D eigenvalue weighted by molar-refractivity contribution is 6.29. The van der Waals surface area contributed by atoms with Crippen LogP contribution in [-0.2, 0) is 0 Å². The lowest BCUT2D eigenvalue weighted by Gasteiger charge is -2.12. The maximum Gasteiger partial charge on any atom is 0.263 e. The molecule has 0 saturated carbocycles. The molecule has 3 aromatic heterocycles. The van der Waals surface area contributed by atoms with Gasteiger partial charge in [0.1, 0.15) is 5.15 Å². The van der Waals surface area contributed by atoms with Crippen molar-refractivity contribution in [2.45, 2.75) is 0 Å². The topological polar surface area (TPSA) is 47.8 Å². The van der Waals surface area contributed by atoms with Crippen molar-refractivity contribution in [3.63, 3.8) is 0 Å². The van der Waals surface area contributed by atoms with Crippen LogP contribution in [0.4, 0.5) is 0 Å². The Morgan fingerprint density at radius 1 is 0.846 bits per heavy atom. The monoisotopic (exact) mass is 359 g/mol. The molecule has 0 bridgehead atoms. The zero-order valence-corrected chi connectivity index (χ0v) is 14.5. The minimum Gasteiger partial charge on any atom is -0.283 e. The third-order valence-electron chi connectivity index (χ3n) is 4.05. The highest BCUT2D eigenvalue weighted by Gasteiger charge is 2.12. The van der Waals surface area contributed by atoms with E-state index >= 15 is 0 Å². The van der Waals surface area contributed by atoms with Gasteiger partial charge in [-0.1, -0.05) is 35.9 Å². The second-order valence-corrected chi connectivity index (χ2v) is 6.12. The first-order valence-electron chi connectivity index (χ1n) is 8.08. The summed E-state index contributed by atoms with van der Waals surface area (Å²) in [5.41, 5.74) is 3.56. The molecule has 0 saturated heterocycles. The van der Waals surface area contributed by atoms with Crippen molar-refractivity contribution in [3.8, 4) is 28.1 Å². The molecule has 26 heavy (non-hydrogen) atoms. The molecule has 5 heteroatoms. The standard InChI is InChI=1S/C21H14ClN3O/c22-20-10-9-15(13-24-20)18-12-16(19-8-4-5-11-23-19)14-25(21(18)26)17-6-2-1-3-7-17/h1-14H. The molecule has 0 unspecified atom stereocenters. The van der Waals surface area contributed by atoms with Gasteiger partial charge in [-0.05, 0) is 42.5 Å². The van der Waals surface area contributed by atoms with E-state index in [4.69, 9.17) is 11.6 Å². The Kier molecular flexibility index (Phi) is 4.33. The van der Waals surface area contributed by atoms with Crippen LogP contribution in [0.25, 0.3) is 28.1 Å². The Morgan fingerprint density at radius 3 is 2.35 bits per heavy atom. The van der Waals surface area contributed by atoms with Crippen molar-refractivity contribution < 1.29 is 0 Å². The molecular weight excluding hydrogens is 346 g/mol. The van der Waals surface area contributed by atoms with E-state index in [1.54, 1.807) is 29.1 Å². The summed E-state index contributed by atoms with van der Waals surface area (Å²) in [6.07, 6.45) is 5.15. The number of hydrogen-bond donors (Lipinski definition) is 0. The van der Waals surface area contributed by atoms with Crippen LogP contribution in [0.5, 0.6) is 0 Å². The van der Waals surface area contributed by atoms with E-state index in [-0.39, 0.29) is 5.56 Å². The molecule has 0 fully saturated rings. The first-order chi connectivity index (χ1) is 12.7. The number of para-hydroxylation sites is 1. The van der Waals surface area contributed by atoms with E-state index in [0.717, 1.165) is 16.9 Å². The lowest BCUT2D eigenvalue weighted by molar-refractivity contribution is 0.993. The predicted octanol–water partition coefficient (Wildman–Crippen LogP) is 4.61. The molecule has 0 aliphatic rings. The minimum absolute atomic E-state index is 0.125. The summed E-state index contributed by atoms with van der Waals surface area (Å²) in [5.74, 6) is 0. The number of pyridine rings is 3. The van der Waals surface area contributed by atoms with Gasteiger partial charge in [0.05, 0.1) is 5.69 Å². The number of hydrogen-bond acceptors (Lipinski definition) is 3. The van der Waals surface area contributed by atoms with Crippen LogP contribution in [-0.4, -0.2) is 14.5 Å². The molecule has 0 N–H and O–H groups in total. The van der Waals surface area contributed by atoms with Gasteiger partial charge in [0, 0.05) is 41.0 Å². The van der Waals surface area contributed by atoms with Gasteiger partial charge in [-0.2, -0.15) is 0 Å². The van der Waals surface area contributed by atoms with Gasteiger partial charge in [-0.3, -0.25) is 14.3 Å². The molecular formula is C21H14ClN3O. The Bertz CT molecular complexity index is 1090. The number of aromatic nitrogens is 3. The van der Waals surface area contributed by atoms with E-state index in [9.17, 15) is 4.79 Å². The van der Waals surface area contributed by atoms with Crippen LogP contribution in [0.15, 0.2) is 90.1 Å². The van der Waals surface area contributed by atoms with Crippen LogP contribution in [0.2, 0.25) is 5.15 Å². The molecule has 0 radical (unpaired) electrons. The predicted molar refractivity (Wildman–Crippen MR) is 104 cm³/mol. The summed E-state index contributed by atoms with van der Waals surface area (Å²) in [5, 5.41) is 0.387. The van der Waals surface area contributed by atoms with Crippen LogP contribution in [0.3, 0.4) is 0 Å². The van der Waals surface area contributed by atoms with Crippen molar-refractivity contribution in [2.75, 3.05) is 0 Å². The molecule has 4 rings (SSSR count). The number of benzene rings is 1. The molecule has 4 nitrogen and oxygen atoms in total. The van der Waals surface area contributed by atoms with Crippen molar-refractivity contribution in [2.24, 2.45) is 0 Å². The fraction of sp³-hybridized carbons (Fsp3) is 0. The van der Waals surface area contributed by atoms with Crippen molar-refractivity contribution in [1.82, 2.24) is 14.5 Å². The van der Waals surface area contributed by atoms with E-state index in [1.807, 2.05) is 60.8 Å². The van der Waals surface area contributed by atoms with E-state index in [2.05, 4.69) is 9.97 Å². The van der Waals surface area contributed by atoms with Gasteiger partial charge >= 0.3 is 0 Å². The highest BCUT2D eigenvalue weighted by Crippen LogP contribution is 2.24. The summed E-state index contributed by atoms with van der Waals surface area (Å²) in [6.45, 7) is 0. The lowest BCUT2D eigenvalue weighted by Crippen LogP contribution is -2.20. The summed E-state index contributed by atoms with van der Waals surface area (Å²) in [7, 11) is 0. The summed E-state index contributed by atoms with van der Waals surface area (Å²) < 4.78 is 1.63. The van der Waals surface area contributed by atoms with Crippen LogP contribution >= 0.6 is 11.6 Å². The van der Waals surface area contributed by atoms with E-state index in [1.165, 1.54) is 0 Å². The highest BCUT2D eigenvalue weighted by atomic mass is 35.5. The van der Waals surface area contributed by atoms with Crippen molar-refractivity contribution in [3.05, 3.63) is 101 Å². The molecule has 0 aliphatic heterocycles. The lowest BCUT2D eigenvalue weighted by atomic mass is 10.1. The smallest absolute Gasteiger partial charge is 0.263 e. The second-order valence-electron chi connectivity index (χ2n) is 5.74. The maximum atomic E-state index is 13.1. The molecule has 0 atom stereocenters. The fourth-order valence-electron chi connectivity index (χ4n) is 2.78. The zero-order chi connectivity index (χ0) is 17.9. The van der Waals surface area contributed by atoms with Crippen molar-refractivity contribution >= 4 is 11.6 Å². The van der Waals surface area contributed by atoms with Gasteiger partial charge in [0.25, 0.3) is 5.56 Å². The largest absolute Gasteiger partial charge is 0.283 e. The van der Waals surface area contributed by atoms with Gasteiger partial charge < -0.3 is 0 Å². The van der Waals surface area contributed by atoms with Crippen LogP contribution < -0.4 is 5.56 Å².